The van der Waals surface area contributed by atoms with Crippen molar-refractivity contribution in [3.05, 3.63) is 11.6 Å². The molecule has 0 heterocycles. The molecule has 0 N–H and O–H groups in total. The Hall–Kier alpha value is -0.340. The third-order valence-corrected chi connectivity index (χ3v) is 8.35. The van der Waals surface area contributed by atoms with Crippen LogP contribution in [0.25, 0.3) is 0 Å². The third-order valence-electron chi connectivity index (χ3n) is 8.35. The van der Waals surface area contributed by atoms with E-state index in [1.54, 1.807) is 5.57 Å². The van der Waals surface area contributed by atoms with Gasteiger partial charge in [-0.2, -0.15) is 0 Å². The van der Waals surface area contributed by atoms with Gasteiger partial charge in [-0.05, 0) is 81.0 Å². The van der Waals surface area contributed by atoms with Crippen LogP contribution in [0.4, 0.5) is 0 Å². The van der Waals surface area contributed by atoms with Crippen LogP contribution >= 0.6 is 0 Å². The summed E-state index contributed by atoms with van der Waals surface area (Å²) >= 11 is 0. The van der Waals surface area contributed by atoms with Gasteiger partial charge >= 0.3 is 0 Å². The van der Waals surface area contributed by atoms with E-state index >= 15 is 0 Å². The lowest BCUT2D eigenvalue weighted by molar-refractivity contribution is -0.102. The molecule has 3 saturated carbocycles. The highest BCUT2D eigenvalue weighted by Gasteiger charge is 2.60. The first kappa shape index (κ1) is 16.1. The molecule has 0 aromatic heterocycles. The van der Waals surface area contributed by atoms with Crippen LogP contribution in [-0.2, 0) is 9.47 Å². The fourth-order valence-corrected chi connectivity index (χ4v) is 7.40. The number of hydrogen-bond acceptors (Lipinski definition) is 2. The topological polar surface area (TPSA) is 18.5 Å². The predicted octanol–water partition coefficient (Wildman–Crippen LogP) is 4.98. The van der Waals surface area contributed by atoms with Crippen molar-refractivity contribution < 1.29 is 9.47 Å². The van der Waals surface area contributed by atoms with Gasteiger partial charge in [0, 0.05) is 19.6 Å². The van der Waals surface area contributed by atoms with Gasteiger partial charge in [0.2, 0.25) is 0 Å². The maximum atomic E-state index is 5.91. The zero-order valence-electron chi connectivity index (χ0n) is 15.3. The minimum absolute atomic E-state index is 0.377. The van der Waals surface area contributed by atoms with Gasteiger partial charge in [0.1, 0.15) is 0 Å². The van der Waals surface area contributed by atoms with Crippen molar-refractivity contribution in [3.8, 4) is 0 Å². The Morgan fingerprint density at radius 1 is 1.09 bits per heavy atom. The molecule has 0 saturated heterocycles. The molecule has 0 amide bonds. The van der Waals surface area contributed by atoms with Crippen molar-refractivity contribution >= 4 is 0 Å². The van der Waals surface area contributed by atoms with Crippen molar-refractivity contribution in [1.82, 2.24) is 0 Å². The second kappa shape index (κ2) is 5.88. The highest BCUT2D eigenvalue weighted by Crippen LogP contribution is 2.65. The molecule has 4 aliphatic carbocycles. The largest absolute Gasteiger partial charge is 0.384 e. The standard InChI is InChI=1S/C21H34O2/c1-20-13-11-18-16(17(20)9-10-19(20)23-3)8-7-15-6-4-5-12-21(15,18)14-22-2/h6,16-19H,4-5,7-14H2,1-3H3/t16-,17-,18-,19-,20-,21+/m0/s1. The zero-order chi connectivity index (χ0) is 16.1. The van der Waals surface area contributed by atoms with Gasteiger partial charge in [-0.25, -0.2) is 0 Å². The van der Waals surface area contributed by atoms with Gasteiger partial charge in [-0.3, -0.25) is 0 Å². The van der Waals surface area contributed by atoms with Gasteiger partial charge in [-0.15, -0.1) is 0 Å². The molecule has 4 rings (SSSR count). The Morgan fingerprint density at radius 3 is 2.74 bits per heavy atom. The number of ether oxygens (including phenoxy) is 2. The Morgan fingerprint density at radius 2 is 1.96 bits per heavy atom. The average Bonchev–Trinajstić information content (AvgIpc) is 2.91. The van der Waals surface area contributed by atoms with Crippen LogP contribution in [0, 0.1) is 28.6 Å². The summed E-state index contributed by atoms with van der Waals surface area (Å²) in [6, 6.07) is 0. The second-order valence-corrected chi connectivity index (χ2v) is 8.97. The summed E-state index contributed by atoms with van der Waals surface area (Å²) in [6.07, 6.45) is 15.3. The van der Waals surface area contributed by atoms with Gasteiger partial charge in [0.05, 0.1) is 12.7 Å². The van der Waals surface area contributed by atoms with E-state index in [2.05, 4.69) is 13.0 Å². The van der Waals surface area contributed by atoms with Crippen molar-refractivity contribution in [3.63, 3.8) is 0 Å². The number of hydrogen-bond donors (Lipinski definition) is 0. The maximum absolute atomic E-state index is 5.91. The normalized spacial score (nSPS) is 49.1. The molecule has 0 aliphatic heterocycles. The van der Waals surface area contributed by atoms with Crippen molar-refractivity contribution in [2.24, 2.45) is 28.6 Å². The Bertz CT molecular complexity index is 484. The lowest BCUT2D eigenvalue weighted by atomic mass is 9.47. The molecule has 0 aromatic carbocycles. The third kappa shape index (κ3) is 2.20. The van der Waals surface area contributed by atoms with Gasteiger partial charge < -0.3 is 9.47 Å². The number of fused-ring (bicyclic) bond motifs is 5. The molecule has 0 aromatic rings. The van der Waals surface area contributed by atoms with Crippen LogP contribution in [0.1, 0.15) is 64.7 Å². The lowest BCUT2D eigenvalue weighted by Crippen LogP contribution is -2.53. The minimum atomic E-state index is 0.377. The van der Waals surface area contributed by atoms with E-state index in [0.717, 1.165) is 24.4 Å². The molecule has 3 fully saturated rings. The lowest BCUT2D eigenvalue weighted by Gasteiger charge is -2.58. The summed E-state index contributed by atoms with van der Waals surface area (Å²) in [5, 5.41) is 0. The average molecular weight is 319 g/mol. The monoisotopic (exact) mass is 318 g/mol. The summed E-state index contributed by atoms with van der Waals surface area (Å²) in [5.41, 5.74) is 2.57. The van der Waals surface area contributed by atoms with E-state index < -0.39 is 0 Å². The van der Waals surface area contributed by atoms with E-state index in [1.807, 2.05) is 14.2 Å². The molecule has 0 spiro atoms. The van der Waals surface area contributed by atoms with Crippen LogP contribution in [0.5, 0.6) is 0 Å². The fourth-order valence-electron chi connectivity index (χ4n) is 7.40. The number of allylic oxidation sites excluding steroid dienone is 1. The maximum Gasteiger partial charge on any atom is 0.0627 e. The Labute approximate surface area is 142 Å². The van der Waals surface area contributed by atoms with Crippen LogP contribution in [0.2, 0.25) is 0 Å². The molecule has 2 heteroatoms. The van der Waals surface area contributed by atoms with E-state index in [-0.39, 0.29) is 0 Å². The predicted molar refractivity (Wildman–Crippen MR) is 93.3 cm³/mol. The van der Waals surface area contributed by atoms with Crippen molar-refractivity contribution in [2.75, 3.05) is 20.8 Å². The second-order valence-electron chi connectivity index (χ2n) is 8.97. The molecule has 2 nitrogen and oxygen atoms in total. The SMILES string of the molecule is COC[C@]12CCCC=C1CC[C@@H]1[C@@H]2CC[C@]2(C)[C@@H](OC)CC[C@@H]12. The van der Waals surface area contributed by atoms with Crippen LogP contribution in [-0.4, -0.2) is 26.9 Å². The zero-order valence-corrected chi connectivity index (χ0v) is 15.3. The molecular formula is C21H34O2. The summed E-state index contributed by atoms with van der Waals surface area (Å²) in [6.45, 7) is 3.49. The van der Waals surface area contributed by atoms with Crippen LogP contribution in [0.3, 0.4) is 0 Å². The Kier molecular flexibility index (Phi) is 4.13. The van der Waals surface area contributed by atoms with Crippen LogP contribution in [0.15, 0.2) is 11.6 Å². The summed E-state index contributed by atoms with van der Waals surface area (Å²) < 4.78 is 11.7. The first-order valence-corrected chi connectivity index (χ1v) is 9.87. The van der Waals surface area contributed by atoms with Gasteiger partial charge in [-0.1, -0.05) is 18.6 Å². The summed E-state index contributed by atoms with van der Waals surface area (Å²) in [4.78, 5) is 0. The van der Waals surface area contributed by atoms with Gasteiger partial charge in [0.15, 0.2) is 0 Å². The molecule has 130 valence electrons. The summed E-state index contributed by atoms with van der Waals surface area (Å²) in [5.74, 6) is 2.64. The molecule has 6 atom stereocenters. The highest BCUT2D eigenvalue weighted by atomic mass is 16.5. The molecule has 4 aliphatic rings. The smallest absolute Gasteiger partial charge is 0.0627 e. The first-order chi connectivity index (χ1) is 11.2. The number of rotatable bonds is 3. The molecular weight excluding hydrogens is 284 g/mol. The van der Waals surface area contributed by atoms with Crippen LogP contribution < -0.4 is 0 Å². The molecule has 23 heavy (non-hydrogen) atoms. The molecule has 0 radical (unpaired) electrons. The van der Waals surface area contributed by atoms with E-state index in [9.17, 15) is 0 Å². The summed E-state index contributed by atoms with van der Waals surface area (Å²) in [7, 11) is 3.84. The van der Waals surface area contributed by atoms with Gasteiger partial charge in [0.25, 0.3) is 0 Å². The van der Waals surface area contributed by atoms with E-state index in [1.165, 1.54) is 57.8 Å². The highest BCUT2D eigenvalue weighted by molar-refractivity contribution is 5.25. The van der Waals surface area contributed by atoms with Crippen molar-refractivity contribution in [2.45, 2.75) is 70.8 Å². The van der Waals surface area contributed by atoms with E-state index in [4.69, 9.17) is 9.47 Å². The minimum Gasteiger partial charge on any atom is -0.384 e. The Balaban J connectivity index is 1.67. The molecule has 0 bridgehead atoms. The van der Waals surface area contributed by atoms with E-state index in [0.29, 0.717) is 16.9 Å². The fraction of sp³-hybridized carbons (Fsp3) is 0.905. The number of methoxy groups -OCH3 is 2. The molecule has 0 unspecified atom stereocenters. The van der Waals surface area contributed by atoms with Crippen molar-refractivity contribution in [1.29, 1.82) is 0 Å². The first-order valence-electron chi connectivity index (χ1n) is 9.87. The quantitative estimate of drug-likeness (QED) is 0.683.